The van der Waals surface area contributed by atoms with Crippen LogP contribution >= 0.6 is 46.4 Å². The van der Waals surface area contributed by atoms with Gasteiger partial charge in [0.1, 0.15) is 6.04 Å². The second-order valence-electron chi connectivity index (χ2n) is 8.46. The van der Waals surface area contributed by atoms with E-state index in [9.17, 15) is 19.2 Å². The van der Waals surface area contributed by atoms with Crippen molar-refractivity contribution in [3.05, 3.63) is 60.5 Å². The first-order valence-electron chi connectivity index (χ1n) is 11.9. The number of halogens is 4. The zero-order valence-electron chi connectivity index (χ0n) is 20.6. The molecule has 1 aliphatic heterocycles. The fourth-order valence-electron chi connectivity index (χ4n) is 4.21. The molecular weight excluding hydrogens is 562 g/mol. The molecule has 1 heterocycles. The smallest absolute Gasteiger partial charge is 0.329 e. The van der Waals surface area contributed by atoms with Crippen molar-refractivity contribution >= 4 is 75.8 Å². The molecule has 2 aromatic rings. The molecule has 11 heteroatoms. The third kappa shape index (κ3) is 5.75. The monoisotopic (exact) mass is 586 g/mol. The summed E-state index contributed by atoms with van der Waals surface area (Å²) in [6, 6.07) is 4.46. The molecule has 1 atom stereocenters. The molecule has 1 N–H and O–H groups in total. The molecule has 0 radical (unpaired) electrons. The highest BCUT2D eigenvalue weighted by Crippen LogP contribution is 2.45. The normalized spacial score (nSPS) is 13.5. The van der Waals surface area contributed by atoms with Crippen LogP contribution in [0.1, 0.15) is 71.9 Å². The van der Waals surface area contributed by atoms with Gasteiger partial charge in [-0.1, -0.05) is 98.2 Å². The van der Waals surface area contributed by atoms with Gasteiger partial charge in [0, 0.05) is 5.69 Å². The number of unbranched alkanes of at least 4 members (excludes halogenated alkanes) is 1. The Morgan fingerprint density at radius 1 is 0.892 bits per heavy atom. The lowest BCUT2D eigenvalue weighted by Crippen LogP contribution is -2.46. The number of aryl methyl sites for hydroxylation is 2. The highest BCUT2D eigenvalue weighted by atomic mass is 35.5. The summed E-state index contributed by atoms with van der Waals surface area (Å²) in [6.07, 6.45) is 2.73. The van der Waals surface area contributed by atoms with Crippen LogP contribution in [0.5, 0.6) is 0 Å². The number of rotatable bonds is 10. The predicted octanol–water partition coefficient (Wildman–Crippen LogP) is 6.76. The number of hydrogen-bond acceptors (Lipinski definition) is 5. The van der Waals surface area contributed by atoms with Gasteiger partial charge in [-0.15, -0.1) is 0 Å². The first kappa shape index (κ1) is 29.2. The number of nitrogens with zero attached hydrogens (tertiary/aromatic N) is 1. The number of benzene rings is 2. The highest BCUT2D eigenvalue weighted by Gasteiger charge is 2.47. The Kier molecular flexibility index (Phi) is 9.86. The van der Waals surface area contributed by atoms with Crippen LogP contribution in [0.2, 0.25) is 20.1 Å². The van der Waals surface area contributed by atoms with Gasteiger partial charge in [0.05, 0.1) is 31.2 Å². The summed E-state index contributed by atoms with van der Waals surface area (Å²) in [5.41, 5.74) is 2.16. The fourth-order valence-corrected chi connectivity index (χ4v) is 5.23. The van der Waals surface area contributed by atoms with E-state index in [4.69, 9.17) is 51.1 Å². The average Bonchev–Trinajstić information content (AvgIpc) is 3.15. The van der Waals surface area contributed by atoms with Gasteiger partial charge in [-0.05, 0) is 30.4 Å². The molecule has 0 saturated carbocycles. The zero-order chi connectivity index (χ0) is 27.4. The minimum absolute atomic E-state index is 0.123. The van der Waals surface area contributed by atoms with Crippen LogP contribution < -0.4 is 5.32 Å². The number of fused-ring (bicyclic) bond motifs is 1. The second-order valence-corrected chi connectivity index (χ2v) is 9.97. The van der Waals surface area contributed by atoms with Crippen molar-refractivity contribution in [3.63, 3.8) is 0 Å². The molecule has 0 fully saturated rings. The standard InChI is InChI=1S/C26H26Cl4N2O5/c1-4-7-11-15(32-24(34)17-18(25(32)35)20(28)22(30)21(29)19(17)27)26(36)37-12-16(33)31-23-13(5-2)9-8-10-14(23)6-3/h8-10,15H,4-7,11-12H2,1-3H3,(H,31,33)/t15-/m1/s1. The molecule has 198 valence electrons. The van der Waals surface area contributed by atoms with E-state index in [1.165, 1.54) is 0 Å². The van der Waals surface area contributed by atoms with Gasteiger partial charge >= 0.3 is 5.97 Å². The number of imide groups is 1. The Morgan fingerprint density at radius 3 is 1.86 bits per heavy atom. The second kappa shape index (κ2) is 12.5. The summed E-state index contributed by atoms with van der Waals surface area (Å²) in [5.74, 6) is -3.11. The average molecular weight is 588 g/mol. The lowest BCUT2D eigenvalue weighted by molar-refractivity contribution is -0.151. The van der Waals surface area contributed by atoms with Crippen molar-refractivity contribution < 1.29 is 23.9 Å². The molecule has 0 bridgehead atoms. The molecule has 37 heavy (non-hydrogen) atoms. The number of nitrogens with one attached hydrogen (secondary N) is 1. The topological polar surface area (TPSA) is 92.8 Å². The Labute approximate surface area is 235 Å². The largest absolute Gasteiger partial charge is 0.454 e. The van der Waals surface area contributed by atoms with E-state index in [0.29, 0.717) is 31.4 Å². The third-order valence-electron chi connectivity index (χ3n) is 6.16. The summed E-state index contributed by atoms with van der Waals surface area (Å²) in [6.45, 7) is 5.25. The van der Waals surface area contributed by atoms with E-state index in [1.54, 1.807) is 0 Å². The van der Waals surface area contributed by atoms with Gasteiger partial charge < -0.3 is 10.1 Å². The van der Waals surface area contributed by atoms with E-state index in [2.05, 4.69) is 5.32 Å². The first-order valence-corrected chi connectivity index (χ1v) is 13.4. The number of para-hydroxylation sites is 1. The highest BCUT2D eigenvalue weighted by molar-refractivity contribution is 6.55. The first-order chi connectivity index (χ1) is 17.6. The molecule has 0 aliphatic carbocycles. The van der Waals surface area contributed by atoms with E-state index in [-0.39, 0.29) is 37.6 Å². The van der Waals surface area contributed by atoms with E-state index >= 15 is 0 Å². The molecule has 7 nitrogen and oxygen atoms in total. The Hall–Kier alpha value is -2.32. The van der Waals surface area contributed by atoms with Crippen molar-refractivity contribution in [2.24, 2.45) is 0 Å². The van der Waals surface area contributed by atoms with Crippen LogP contribution in [-0.4, -0.2) is 41.2 Å². The minimum Gasteiger partial charge on any atom is -0.454 e. The Bertz CT molecular complexity index is 1200. The summed E-state index contributed by atoms with van der Waals surface area (Å²) in [4.78, 5) is 53.1. The molecule has 3 rings (SSSR count). The number of esters is 1. The van der Waals surface area contributed by atoms with Crippen LogP contribution in [0, 0.1) is 0 Å². The maximum Gasteiger partial charge on any atom is 0.329 e. The summed E-state index contributed by atoms with van der Waals surface area (Å²) < 4.78 is 5.28. The summed E-state index contributed by atoms with van der Waals surface area (Å²) in [7, 11) is 0. The van der Waals surface area contributed by atoms with Crippen molar-refractivity contribution in [1.29, 1.82) is 0 Å². The van der Waals surface area contributed by atoms with Crippen LogP contribution in [0.25, 0.3) is 0 Å². The fraction of sp³-hybridized carbons (Fsp3) is 0.385. The van der Waals surface area contributed by atoms with Crippen LogP contribution in [-0.2, 0) is 27.2 Å². The van der Waals surface area contributed by atoms with Gasteiger partial charge in [0.15, 0.2) is 6.61 Å². The summed E-state index contributed by atoms with van der Waals surface area (Å²) >= 11 is 24.6. The van der Waals surface area contributed by atoms with Crippen LogP contribution in [0.15, 0.2) is 18.2 Å². The molecule has 2 aromatic carbocycles. The van der Waals surface area contributed by atoms with Crippen LogP contribution in [0.3, 0.4) is 0 Å². The lowest BCUT2D eigenvalue weighted by Gasteiger charge is -2.24. The molecular formula is C26H26Cl4N2O5. The zero-order valence-corrected chi connectivity index (χ0v) is 23.6. The molecule has 3 amide bonds. The quantitative estimate of drug-likeness (QED) is 0.143. The van der Waals surface area contributed by atoms with Crippen molar-refractivity contribution in [1.82, 2.24) is 4.90 Å². The number of carbonyl (C=O) groups is 4. The number of amides is 3. The number of ether oxygens (including phenoxy) is 1. The maximum atomic E-state index is 13.2. The van der Waals surface area contributed by atoms with Gasteiger partial charge in [0.25, 0.3) is 17.7 Å². The van der Waals surface area contributed by atoms with E-state index < -0.39 is 36.3 Å². The van der Waals surface area contributed by atoms with Crippen LogP contribution in [0.4, 0.5) is 5.69 Å². The summed E-state index contributed by atoms with van der Waals surface area (Å²) in [5, 5.41) is 2.03. The number of hydrogen-bond donors (Lipinski definition) is 1. The maximum absolute atomic E-state index is 13.2. The third-order valence-corrected chi connectivity index (χ3v) is 7.96. The molecule has 0 saturated heterocycles. The SMILES string of the molecule is CCCC[C@H](C(=O)OCC(=O)Nc1c(CC)cccc1CC)N1C(=O)c2c(Cl)c(Cl)c(Cl)c(Cl)c2C1=O. The Balaban J connectivity index is 1.82. The lowest BCUT2D eigenvalue weighted by atomic mass is 10.0. The van der Waals surface area contributed by atoms with Gasteiger partial charge in [-0.3, -0.25) is 19.3 Å². The molecule has 1 aliphatic rings. The molecule has 0 aromatic heterocycles. The van der Waals surface area contributed by atoms with Gasteiger partial charge in [-0.25, -0.2) is 4.79 Å². The van der Waals surface area contributed by atoms with Crippen molar-refractivity contribution in [2.45, 2.75) is 58.9 Å². The Morgan fingerprint density at radius 2 is 1.41 bits per heavy atom. The van der Waals surface area contributed by atoms with E-state index in [1.807, 2.05) is 39.0 Å². The predicted molar refractivity (Wildman–Crippen MR) is 145 cm³/mol. The van der Waals surface area contributed by atoms with Crippen molar-refractivity contribution in [2.75, 3.05) is 11.9 Å². The van der Waals surface area contributed by atoms with Crippen molar-refractivity contribution in [3.8, 4) is 0 Å². The molecule has 0 spiro atoms. The number of carbonyl (C=O) groups excluding carboxylic acids is 4. The minimum atomic E-state index is -1.29. The van der Waals surface area contributed by atoms with E-state index in [0.717, 1.165) is 16.0 Å². The molecule has 0 unspecified atom stereocenters. The number of anilines is 1. The van der Waals surface area contributed by atoms with Gasteiger partial charge in [0.2, 0.25) is 0 Å². The van der Waals surface area contributed by atoms with Gasteiger partial charge in [-0.2, -0.15) is 0 Å².